The summed E-state index contributed by atoms with van der Waals surface area (Å²) in [7, 11) is 0. The number of phenols is 1. The number of rotatable bonds is 4. The van der Waals surface area contributed by atoms with Gasteiger partial charge < -0.3 is 20.8 Å². The third kappa shape index (κ3) is 3.33. The summed E-state index contributed by atoms with van der Waals surface area (Å²) in [5.41, 5.74) is 6.80. The van der Waals surface area contributed by atoms with Crippen molar-refractivity contribution >= 4 is 17.4 Å². The van der Waals surface area contributed by atoms with E-state index in [2.05, 4.69) is 5.16 Å². The zero-order valence-corrected chi connectivity index (χ0v) is 11.2. The highest BCUT2D eigenvalue weighted by molar-refractivity contribution is 6.30. The minimum atomic E-state index is -0.0624. The molecule has 0 unspecified atom stereocenters. The van der Waals surface area contributed by atoms with Crippen molar-refractivity contribution in [2.24, 2.45) is 10.9 Å². The third-order valence-electron chi connectivity index (χ3n) is 2.63. The van der Waals surface area contributed by atoms with Gasteiger partial charge in [0.05, 0.1) is 5.56 Å². The number of ether oxygens (including phenoxy) is 1. The van der Waals surface area contributed by atoms with Crippen molar-refractivity contribution in [1.82, 2.24) is 0 Å². The van der Waals surface area contributed by atoms with Crippen LogP contribution in [-0.4, -0.2) is 16.1 Å². The fraction of sp³-hybridized carbons (Fsp3) is 0.0714. The van der Waals surface area contributed by atoms with E-state index in [4.69, 9.17) is 27.3 Å². The number of oxime groups is 1. The molecule has 0 aromatic heterocycles. The Labute approximate surface area is 120 Å². The Hall–Kier alpha value is -2.40. The van der Waals surface area contributed by atoms with Gasteiger partial charge in [-0.2, -0.15) is 0 Å². The second-order valence-electron chi connectivity index (χ2n) is 4.08. The van der Waals surface area contributed by atoms with Crippen molar-refractivity contribution in [3.05, 3.63) is 58.6 Å². The lowest BCUT2D eigenvalue weighted by Crippen LogP contribution is -2.14. The largest absolute Gasteiger partial charge is 0.508 e. The molecule has 0 saturated carbocycles. The number of halogens is 1. The van der Waals surface area contributed by atoms with Crippen LogP contribution in [0, 0.1) is 0 Å². The fourth-order valence-electron chi connectivity index (χ4n) is 1.69. The van der Waals surface area contributed by atoms with E-state index in [9.17, 15) is 5.11 Å². The van der Waals surface area contributed by atoms with Gasteiger partial charge in [0.15, 0.2) is 5.84 Å². The molecule has 0 fully saturated rings. The Kier molecular flexibility index (Phi) is 4.32. The van der Waals surface area contributed by atoms with Crippen molar-refractivity contribution in [1.29, 1.82) is 0 Å². The molecule has 0 bridgehead atoms. The van der Waals surface area contributed by atoms with Crippen molar-refractivity contribution in [2.45, 2.75) is 6.61 Å². The molecular weight excluding hydrogens is 280 g/mol. The van der Waals surface area contributed by atoms with Crippen molar-refractivity contribution in [3.63, 3.8) is 0 Å². The molecule has 2 aromatic carbocycles. The molecule has 5 nitrogen and oxygen atoms in total. The maximum absolute atomic E-state index is 9.39. The number of benzene rings is 2. The molecule has 0 atom stereocenters. The molecule has 2 aromatic rings. The molecule has 6 heteroatoms. The van der Waals surface area contributed by atoms with E-state index in [0.29, 0.717) is 16.3 Å². The first kappa shape index (κ1) is 14.0. The summed E-state index contributed by atoms with van der Waals surface area (Å²) < 4.78 is 5.61. The zero-order chi connectivity index (χ0) is 14.5. The van der Waals surface area contributed by atoms with Gasteiger partial charge in [0.1, 0.15) is 18.1 Å². The summed E-state index contributed by atoms with van der Waals surface area (Å²) >= 11 is 5.91. The molecular formula is C14H13ClN2O3. The first-order chi connectivity index (χ1) is 9.60. The summed E-state index contributed by atoms with van der Waals surface area (Å²) in [4.78, 5) is 0. The van der Waals surface area contributed by atoms with Crippen LogP contribution in [0.1, 0.15) is 11.1 Å². The monoisotopic (exact) mass is 292 g/mol. The van der Waals surface area contributed by atoms with Gasteiger partial charge in [-0.1, -0.05) is 28.9 Å². The number of hydrogen-bond acceptors (Lipinski definition) is 4. The molecule has 0 radical (unpaired) electrons. The number of nitrogens with two attached hydrogens (primary N) is 1. The van der Waals surface area contributed by atoms with Crippen LogP contribution in [0.5, 0.6) is 11.5 Å². The van der Waals surface area contributed by atoms with Crippen molar-refractivity contribution < 1.29 is 15.1 Å². The Morgan fingerprint density at radius 3 is 2.75 bits per heavy atom. The average molecular weight is 293 g/mol. The van der Waals surface area contributed by atoms with Crippen molar-refractivity contribution in [2.75, 3.05) is 0 Å². The predicted molar refractivity (Wildman–Crippen MR) is 76.4 cm³/mol. The van der Waals surface area contributed by atoms with Gasteiger partial charge in [-0.15, -0.1) is 0 Å². The summed E-state index contributed by atoms with van der Waals surface area (Å²) in [6.07, 6.45) is 0. The van der Waals surface area contributed by atoms with Gasteiger partial charge in [0.2, 0.25) is 0 Å². The highest BCUT2D eigenvalue weighted by atomic mass is 35.5. The fourth-order valence-corrected chi connectivity index (χ4v) is 1.85. The smallest absolute Gasteiger partial charge is 0.173 e. The van der Waals surface area contributed by atoms with Crippen LogP contribution in [0.2, 0.25) is 5.02 Å². The quantitative estimate of drug-likeness (QED) is 0.350. The molecule has 0 aliphatic rings. The molecule has 20 heavy (non-hydrogen) atoms. The minimum absolute atomic E-state index is 0.0624. The molecule has 104 valence electrons. The normalized spacial score (nSPS) is 11.3. The maximum atomic E-state index is 9.39. The SMILES string of the molecule is N/C(=N/O)c1ccc(Cl)cc1OCc1cccc(O)c1. The predicted octanol–water partition coefficient (Wildman–Crippen LogP) is 2.72. The van der Waals surface area contributed by atoms with E-state index >= 15 is 0 Å². The van der Waals surface area contributed by atoms with Gasteiger partial charge in [-0.3, -0.25) is 0 Å². The molecule has 0 heterocycles. The van der Waals surface area contributed by atoms with Crippen LogP contribution in [0.3, 0.4) is 0 Å². The Morgan fingerprint density at radius 1 is 1.25 bits per heavy atom. The molecule has 0 aliphatic heterocycles. The van der Waals surface area contributed by atoms with Crippen molar-refractivity contribution in [3.8, 4) is 11.5 Å². The first-order valence-corrected chi connectivity index (χ1v) is 6.16. The molecule has 2 rings (SSSR count). The number of aromatic hydroxyl groups is 1. The Balaban J connectivity index is 2.22. The van der Waals surface area contributed by atoms with Gasteiger partial charge in [0, 0.05) is 5.02 Å². The van der Waals surface area contributed by atoms with Gasteiger partial charge >= 0.3 is 0 Å². The number of nitrogens with zero attached hydrogens (tertiary/aromatic N) is 1. The van der Waals surface area contributed by atoms with E-state index in [-0.39, 0.29) is 18.2 Å². The summed E-state index contributed by atoms with van der Waals surface area (Å²) in [6.45, 7) is 0.223. The molecule has 4 N–H and O–H groups in total. The second-order valence-corrected chi connectivity index (χ2v) is 4.52. The van der Waals surface area contributed by atoms with Crippen LogP contribution in [-0.2, 0) is 6.61 Å². The number of phenolic OH excluding ortho intramolecular Hbond substituents is 1. The summed E-state index contributed by atoms with van der Waals surface area (Å²) in [5, 5.41) is 21.6. The molecule has 0 saturated heterocycles. The average Bonchev–Trinajstić information content (AvgIpc) is 2.44. The maximum Gasteiger partial charge on any atom is 0.173 e. The molecule has 0 spiro atoms. The van der Waals surface area contributed by atoms with Gasteiger partial charge in [-0.25, -0.2) is 0 Å². The Morgan fingerprint density at radius 2 is 2.05 bits per heavy atom. The molecule has 0 amide bonds. The highest BCUT2D eigenvalue weighted by Gasteiger charge is 2.09. The van der Waals surface area contributed by atoms with Gasteiger partial charge in [-0.05, 0) is 35.9 Å². The van der Waals surface area contributed by atoms with Crippen LogP contribution in [0.25, 0.3) is 0 Å². The van der Waals surface area contributed by atoms with E-state index < -0.39 is 0 Å². The van der Waals surface area contributed by atoms with E-state index in [1.165, 1.54) is 0 Å². The van der Waals surface area contributed by atoms with Crippen LogP contribution in [0.15, 0.2) is 47.6 Å². The number of hydrogen-bond donors (Lipinski definition) is 3. The number of amidine groups is 1. The van der Waals surface area contributed by atoms with E-state index in [1.54, 1.807) is 36.4 Å². The van der Waals surface area contributed by atoms with Crippen LogP contribution < -0.4 is 10.5 Å². The standard InChI is InChI=1S/C14H13ClN2O3/c15-10-4-5-12(14(16)17-19)13(7-10)20-8-9-2-1-3-11(18)6-9/h1-7,18-19H,8H2,(H2,16,17). The minimum Gasteiger partial charge on any atom is -0.508 e. The first-order valence-electron chi connectivity index (χ1n) is 5.78. The highest BCUT2D eigenvalue weighted by Crippen LogP contribution is 2.24. The van der Waals surface area contributed by atoms with E-state index in [1.807, 2.05) is 6.07 Å². The molecule has 0 aliphatic carbocycles. The zero-order valence-electron chi connectivity index (χ0n) is 10.5. The summed E-state index contributed by atoms with van der Waals surface area (Å²) in [6, 6.07) is 11.5. The lowest BCUT2D eigenvalue weighted by atomic mass is 10.2. The van der Waals surface area contributed by atoms with E-state index in [0.717, 1.165) is 5.56 Å². The van der Waals surface area contributed by atoms with Crippen LogP contribution in [0.4, 0.5) is 0 Å². The lowest BCUT2D eigenvalue weighted by molar-refractivity contribution is 0.302. The summed E-state index contributed by atoms with van der Waals surface area (Å²) in [5.74, 6) is 0.498. The van der Waals surface area contributed by atoms with Crippen LogP contribution >= 0.6 is 11.6 Å². The lowest BCUT2D eigenvalue weighted by Gasteiger charge is -2.11. The Bertz CT molecular complexity index is 644. The topological polar surface area (TPSA) is 88.1 Å². The van der Waals surface area contributed by atoms with Gasteiger partial charge in [0.25, 0.3) is 0 Å². The third-order valence-corrected chi connectivity index (χ3v) is 2.87. The second kappa shape index (κ2) is 6.16.